The molecule has 0 bridgehead atoms. The van der Waals surface area contributed by atoms with Crippen molar-refractivity contribution in [3.05, 3.63) is 30.1 Å². The van der Waals surface area contributed by atoms with Crippen LogP contribution in [-0.4, -0.2) is 50.3 Å². The number of amidine groups is 1. The SMILES string of the molecule is C/C(=N\N=C(/[S-])N(C)C)c1ccccn1.[Cl][Ga-][Cl]. The Balaban J connectivity index is 0.000000873. The molecule has 4 nitrogen and oxygen atoms in total. The van der Waals surface area contributed by atoms with Gasteiger partial charge in [0.2, 0.25) is 0 Å². The monoisotopic (exact) mass is 360 g/mol. The molecule has 0 aromatic carbocycles. The van der Waals surface area contributed by atoms with Gasteiger partial charge in [-0.05, 0) is 19.1 Å². The fourth-order valence-corrected chi connectivity index (χ4v) is 0.876. The molecule has 0 saturated heterocycles. The number of hydrogen-bond acceptors (Lipinski definition) is 4. The summed E-state index contributed by atoms with van der Waals surface area (Å²) in [5.41, 5.74) is 1.56. The quantitative estimate of drug-likeness (QED) is 0.267. The maximum atomic E-state index is 4.98. The second kappa shape index (κ2) is 10.6. The molecule has 1 aromatic heterocycles. The van der Waals surface area contributed by atoms with E-state index in [1.807, 2.05) is 39.2 Å². The van der Waals surface area contributed by atoms with Gasteiger partial charge in [0.05, 0.1) is 11.4 Å². The predicted octanol–water partition coefficient (Wildman–Crippen LogP) is 2.27. The molecule has 0 N–H and O–H groups in total. The van der Waals surface area contributed by atoms with Crippen molar-refractivity contribution < 1.29 is 0 Å². The van der Waals surface area contributed by atoms with Gasteiger partial charge in [0.15, 0.2) is 0 Å². The first-order valence-corrected chi connectivity index (χ1v) is 11.7. The second-order valence-electron chi connectivity index (χ2n) is 3.26. The molecule has 0 atom stereocenters. The van der Waals surface area contributed by atoms with Crippen LogP contribution < -0.4 is 0 Å². The summed E-state index contributed by atoms with van der Waals surface area (Å²) in [5.74, 6) is 0. The zero-order valence-corrected chi connectivity index (χ0v) is 15.1. The zero-order valence-electron chi connectivity index (χ0n) is 10.3. The number of nitrogens with zero attached hydrogens (tertiary/aromatic N) is 4. The van der Waals surface area contributed by atoms with Crippen LogP contribution in [0.5, 0.6) is 0 Å². The molecule has 18 heavy (non-hydrogen) atoms. The number of pyridine rings is 1. The van der Waals surface area contributed by atoms with Crippen molar-refractivity contribution in [2.24, 2.45) is 10.2 Å². The average Bonchev–Trinajstić information content (AvgIpc) is 2.37. The van der Waals surface area contributed by atoms with E-state index in [1.165, 1.54) is 0 Å². The first kappa shape index (κ1) is 17.7. The van der Waals surface area contributed by atoms with Gasteiger partial charge in [-0.2, -0.15) is 10.2 Å². The molecule has 1 rings (SSSR count). The van der Waals surface area contributed by atoms with E-state index in [9.17, 15) is 0 Å². The van der Waals surface area contributed by atoms with Crippen LogP contribution in [0.3, 0.4) is 0 Å². The molecule has 1 aromatic rings. The van der Waals surface area contributed by atoms with E-state index in [1.54, 1.807) is 11.1 Å². The van der Waals surface area contributed by atoms with Crippen LogP contribution in [0.4, 0.5) is 0 Å². The molecule has 0 unspecified atom stereocenters. The second-order valence-corrected chi connectivity index (χ2v) is 7.40. The van der Waals surface area contributed by atoms with E-state index < -0.39 is 15.4 Å². The van der Waals surface area contributed by atoms with Gasteiger partial charge in [-0.25, -0.2) is 0 Å². The van der Waals surface area contributed by atoms with Crippen LogP contribution in [0.25, 0.3) is 0 Å². The van der Waals surface area contributed by atoms with Crippen LogP contribution in [0.1, 0.15) is 12.6 Å². The van der Waals surface area contributed by atoms with Gasteiger partial charge >= 0.3 is 34.7 Å². The minimum absolute atomic E-state index is 0.449. The van der Waals surface area contributed by atoms with E-state index in [4.69, 9.17) is 31.9 Å². The summed E-state index contributed by atoms with van der Waals surface area (Å²) in [7, 11) is 13.5. The van der Waals surface area contributed by atoms with Gasteiger partial charge in [-0.3, -0.25) is 4.98 Å². The van der Waals surface area contributed by atoms with Crippen LogP contribution in [0.15, 0.2) is 34.6 Å². The van der Waals surface area contributed by atoms with Crippen LogP contribution >= 0.6 is 19.3 Å². The molecule has 8 heteroatoms. The van der Waals surface area contributed by atoms with Crippen molar-refractivity contribution >= 4 is 58.2 Å². The Morgan fingerprint density at radius 2 is 1.94 bits per heavy atom. The fourth-order valence-electron chi connectivity index (χ4n) is 0.835. The Morgan fingerprint density at radius 3 is 2.39 bits per heavy atom. The predicted molar refractivity (Wildman–Crippen MR) is 82.4 cm³/mol. The van der Waals surface area contributed by atoms with E-state index in [0.717, 1.165) is 11.4 Å². The number of rotatable bonds is 2. The van der Waals surface area contributed by atoms with Crippen molar-refractivity contribution in [2.75, 3.05) is 14.1 Å². The van der Waals surface area contributed by atoms with Gasteiger partial charge in [-0.1, -0.05) is 6.07 Å². The Morgan fingerprint density at radius 1 is 1.33 bits per heavy atom. The number of aromatic nitrogens is 1. The first-order chi connectivity index (χ1) is 8.52. The Labute approximate surface area is 129 Å². The molecular weight excluding hydrogens is 349 g/mol. The van der Waals surface area contributed by atoms with Crippen LogP contribution in [0, 0.1) is 0 Å². The number of halogens is 2. The van der Waals surface area contributed by atoms with Gasteiger partial charge < -0.3 is 17.5 Å². The van der Waals surface area contributed by atoms with E-state index in [-0.39, 0.29) is 0 Å². The van der Waals surface area contributed by atoms with Crippen molar-refractivity contribution in [3.8, 4) is 0 Å². The summed E-state index contributed by atoms with van der Waals surface area (Å²) in [6.45, 7) is 1.85. The first-order valence-electron chi connectivity index (χ1n) is 4.93. The summed E-state index contributed by atoms with van der Waals surface area (Å²) >= 11 is 4.24. The summed E-state index contributed by atoms with van der Waals surface area (Å²) in [4.78, 5) is 5.88. The third-order valence-electron chi connectivity index (χ3n) is 1.70. The summed E-state index contributed by atoms with van der Waals surface area (Å²) < 4.78 is 0. The summed E-state index contributed by atoms with van der Waals surface area (Å²) in [5, 5.41) is 8.37. The van der Waals surface area contributed by atoms with E-state index in [2.05, 4.69) is 15.2 Å². The molecule has 0 fully saturated rings. The van der Waals surface area contributed by atoms with Gasteiger partial charge in [0.25, 0.3) is 0 Å². The van der Waals surface area contributed by atoms with Gasteiger partial charge in [0.1, 0.15) is 0 Å². The topological polar surface area (TPSA) is 40.9 Å². The number of hydrogen-bond donors (Lipinski definition) is 0. The normalized spacial score (nSPS) is 11.6. The average molecular weight is 362 g/mol. The molecule has 0 saturated carbocycles. The molecule has 98 valence electrons. The van der Waals surface area contributed by atoms with Crippen LogP contribution in [0.2, 0.25) is 0 Å². The zero-order chi connectivity index (χ0) is 14.0. The molecule has 2 radical (unpaired) electrons. The van der Waals surface area contributed by atoms with Gasteiger partial charge in [0, 0.05) is 25.5 Å². The third kappa shape index (κ3) is 7.94. The molecule has 1 heterocycles. The Hall–Kier alpha value is -0.274. The fraction of sp³-hybridized carbons (Fsp3) is 0.300. The summed E-state index contributed by atoms with van der Waals surface area (Å²) in [6, 6.07) is 5.65. The standard InChI is InChI=1S/C10H14N4S.2ClH.Ga/c1-8(9-6-4-5-7-11-9)12-13-10(15)14(2)3;;;/h4-7H,1-3H3,(H,13,15);2*1H;/q;;;+1/p-3/b12-8+;;;. The van der Waals surface area contributed by atoms with E-state index >= 15 is 0 Å². The summed E-state index contributed by atoms with van der Waals surface area (Å²) in [6.07, 6.45) is 1.72. The molecule has 0 spiro atoms. The van der Waals surface area contributed by atoms with Crippen molar-refractivity contribution in [1.82, 2.24) is 9.88 Å². The van der Waals surface area contributed by atoms with Crippen LogP contribution in [-0.2, 0) is 12.6 Å². The molecule has 0 aliphatic heterocycles. The maximum absolute atomic E-state index is 4.98. The van der Waals surface area contributed by atoms with E-state index in [0.29, 0.717) is 5.17 Å². The molecule has 0 amide bonds. The van der Waals surface area contributed by atoms with Crippen molar-refractivity contribution in [2.45, 2.75) is 6.92 Å². The third-order valence-corrected chi connectivity index (χ3v) is 2.15. The Kier molecular flexibility index (Phi) is 10.5. The molecule has 0 aliphatic carbocycles. The van der Waals surface area contributed by atoms with Gasteiger partial charge in [-0.15, -0.1) is 0 Å². The van der Waals surface area contributed by atoms with Crippen molar-refractivity contribution in [1.29, 1.82) is 0 Å². The molecular formula is C10H13Cl2GaN4S-2. The Bertz CT molecular complexity index is 398. The molecule has 0 aliphatic rings. The van der Waals surface area contributed by atoms with Crippen molar-refractivity contribution in [3.63, 3.8) is 0 Å². The minimum atomic E-state index is -0.743.